The molecule has 4 nitrogen and oxygen atoms in total. The van der Waals surface area contributed by atoms with E-state index in [2.05, 4.69) is 16.6 Å². The fraction of sp³-hybridized carbons (Fsp3) is 0.500. The number of aromatic nitrogens is 1. The van der Waals surface area contributed by atoms with Gasteiger partial charge in [-0.25, -0.2) is 0 Å². The summed E-state index contributed by atoms with van der Waals surface area (Å²) in [7, 11) is 0. The summed E-state index contributed by atoms with van der Waals surface area (Å²) in [5, 5.41) is 4.22. The molecule has 1 aromatic carbocycles. The Kier molecular flexibility index (Phi) is 3.55. The van der Waals surface area contributed by atoms with Gasteiger partial charge in [-0.2, -0.15) is 16.7 Å². The molecule has 0 spiro atoms. The van der Waals surface area contributed by atoms with Gasteiger partial charge in [0.15, 0.2) is 5.58 Å². The van der Waals surface area contributed by atoms with Crippen LogP contribution in [0.1, 0.15) is 25.7 Å². The van der Waals surface area contributed by atoms with Crippen molar-refractivity contribution in [3.05, 3.63) is 18.2 Å². The molecule has 1 heterocycles. The Morgan fingerprint density at radius 1 is 1.32 bits per heavy atom. The number of rotatable bonds is 3. The molecule has 0 unspecified atom stereocenters. The molecule has 102 valence electrons. The smallest absolute Gasteiger partial charge is 0.295 e. The SMILES string of the molecule is CSC1CCC(Nc2nc3c(N)cccc3o2)CC1. The molecule has 19 heavy (non-hydrogen) atoms. The van der Waals surface area contributed by atoms with E-state index in [1.807, 2.05) is 30.0 Å². The van der Waals surface area contributed by atoms with Gasteiger partial charge in [0.05, 0.1) is 5.69 Å². The van der Waals surface area contributed by atoms with Crippen molar-refractivity contribution in [2.24, 2.45) is 0 Å². The largest absolute Gasteiger partial charge is 0.423 e. The van der Waals surface area contributed by atoms with Crippen LogP contribution in [0.3, 0.4) is 0 Å². The summed E-state index contributed by atoms with van der Waals surface area (Å²) >= 11 is 1.98. The highest BCUT2D eigenvalue weighted by Crippen LogP contribution is 2.30. The number of hydrogen-bond acceptors (Lipinski definition) is 5. The van der Waals surface area contributed by atoms with Crippen LogP contribution in [-0.2, 0) is 0 Å². The summed E-state index contributed by atoms with van der Waals surface area (Å²) in [6.45, 7) is 0. The van der Waals surface area contributed by atoms with Gasteiger partial charge < -0.3 is 15.5 Å². The third kappa shape index (κ3) is 2.66. The van der Waals surface area contributed by atoms with Crippen LogP contribution < -0.4 is 11.1 Å². The Morgan fingerprint density at radius 3 is 2.79 bits per heavy atom. The average molecular weight is 277 g/mol. The molecule has 0 bridgehead atoms. The van der Waals surface area contributed by atoms with E-state index in [1.165, 1.54) is 25.7 Å². The van der Waals surface area contributed by atoms with E-state index in [0.29, 0.717) is 17.7 Å². The fourth-order valence-electron chi connectivity index (χ4n) is 2.65. The minimum Gasteiger partial charge on any atom is -0.423 e. The molecule has 0 atom stereocenters. The predicted octanol–water partition coefficient (Wildman–Crippen LogP) is 3.50. The highest BCUT2D eigenvalue weighted by Gasteiger charge is 2.21. The van der Waals surface area contributed by atoms with Gasteiger partial charge in [0.2, 0.25) is 0 Å². The standard InChI is InChI=1S/C14H19N3OS/c1-19-10-7-5-9(6-8-10)16-14-17-13-11(15)3-2-4-12(13)18-14/h2-4,9-10H,5-8,15H2,1H3,(H,16,17). The van der Waals surface area contributed by atoms with Crippen LogP contribution in [-0.4, -0.2) is 22.5 Å². The molecule has 3 rings (SSSR count). The molecule has 2 aromatic rings. The second-order valence-electron chi connectivity index (χ2n) is 5.07. The molecule has 0 radical (unpaired) electrons. The van der Waals surface area contributed by atoms with E-state index in [0.717, 1.165) is 16.3 Å². The van der Waals surface area contributed by atoms with Gasteiger partial charge in [-0.3, -0.25) is 0 Å². The maximum atomic E-state index is 5.89. The lowest BCUT2D eigenvalue weighted by Crippen LogP contribution is -2.27. The van der Waals surface area contributed by atoms with Crippen LogP contribution >= 0.6 is 11.8 Å². The summed E-state index contributed by atoms with van der Waals surface area (Å²) < 4.78 is 5.70. The zero-order valence-corrected chi connectivity index (χ0v) is 11.9. The number of fused-ring (bicyclic) bond motifs is 1. The van der Waals surface area contributed by atoms with Crippen LogP contribution in [0.25, 0.3) is 11.1 Å². The summed E-state index contributed by atoms with van der Waals surface area (Å²) in [5.74, 6) is 0. The summed E-state index contributed by atoms with van der Waals surface area (Å²) in [4.78, 5) is 4.44. The van der Waals surface area contributed by atoms with Crippen molar-refractivity contribution < 1.29 is 4.42 Å². The van der Waals surface area contributed by atoms with Crippen LogP contribution in [0.5, 0.6) is 0 Å². The zero-order valence-electron chi connectivity index (χ0n) is 11.1. The van der Waals surface area contributed by atoms with Crippen molar-refractivity contribution in [2.45, 2.75) is 37.0 Å². The van der Waals surface area contributed by atoms with Crippen LogP contribution in [0.4, 0.5) is 11.7 Å². The first-order valence-corrected chi connectivity index (χ1v) is 7.99. The van der Waals surface area contributed by atoms with Gasteiger partial charge >= 0.3 is 0 Å². The molecule has 1 aromatic heterocycles. The molecule has 1 aliphatic carbocycles. The average Bonchev–Trinajstić information content (AvgIpc) is 2.84. The van der Waals surface area contributed by atoms with E-state index < -0.39 is 0 Å². The number of hydrogen-bond donors (Lipinski definition) is 2. The van der Waals surface area contributed by atoms with Gasteiger partial charge in [0.1, 0.15) is 5.52 Å². The Bertz CT molecular complexity index is 561. The molecule has 3 N–H and O–H groups in total. The highest BCUT2D eigenvalue weighted by molar-refractivity contribution is 7.99. The van der Waals surface area contributed by atoms with Gasteiger partial charge in [-0.05, 0) is 44.1 Å². The monoisotopic (exact) mass is 277 g/mol. The molecule has 5 heteroatoms. The van der Waals surface area contributed by atoms with E-state index >= 15 is 0 Å². The van der Waals surface area contributed by atoms with Crippen molar-refractivity contribution in [3.8, 4) is 0 Å². The van der Waals surface area contributed by atoms with Gasteiger partial charge in [0.25, 0.3) is 6.01 Å². The number of nitrogens with one attached hydrogen (secondary N) is 1. The maximum Gasteiger partial charge on any atom is 0.295 e. The fourth-order valence-corrected chi connectivity index (χ4v) is 3.39. The first kappa shape index (κ1) is 12.7. The number of nitrogens with two attached hydrogens (primary N) is 1. The first-order valence-electron chi connectivity index (χ1n) is 6.70. The van der Waals surface area contributed by atoms with Crippen LogP contribution in [0.15, 0.2) is 22.6 Å². The molecule has 1 aliphatic rings. The molecule has 0 saturated heterocycles. The van der Waals surface area contributed by atoms with Crippen molar-refractivity contribution in [2.75, 3.05) is 17.3 Å². The van der Waals surface area contributed by atoms with Crippen molar-refractivity contribution in [1.82, 2.24) is 4.98 Å². The number of nitrogens with zero attached hydrogens (tertiary/aromatic N) is 1. The Hall–Kier alpha value is -1.36. The Labute approximate surface area is 117 Å². The molecular weight excluding hydrogens is 258 g/mol. The lowest BCUT2D eigenvalue weighted by molar-refractivity contribution is 0.460. The van der Waals surface area contributed by atoms with E-state index in [4.69, 9.17) is 10.2 Å². The molecule has 0 aliphatic heterocycles. The van der Waals surface area contributed by atoms with Gasteiger partial charge in [0, 0.05) is 11.3 Å². The molecule has 0 amide bonds. The third-order valence-corrected chi connectivity index (χ3v) is 4.92. The number of oxazole rings is 1. The molecule has 1 saturated carbocycles. The predicted molar refractivity (Wildman–Crippen MR) is 81.6 cm³/mol. The van der Waals surface area contributed by atoms with Crippen LogP contribution in [0, 0.1) is 0 Å². The first-order chi connectivity index (χ1) is 9.26. The topological polar surface area (TPSA) is 64.1 Å². The third-order valence-electron chi connectivity index (χ3n) is 3.79. The lowest BCUT2D eigenvalue weighted by atomic mass is 9.95. The zero-order chi connectivity index (χ0) is 13.2. The molecule has 1 fully saturated rings. The lowest BCUT2D eigenvalue weighted by Gasteiger charge is -2.27. The number of thioether (sulfide) groups is 1. The van der Waals surface area contributed by atoms with Crippen LogP contribution in [0.2, 0.25) is 0 Å². The Balaban J connectivity index is 1.70. The number of para-hydroxylation sites is 1. The number of benzene rings is 1. The molecular formula is C14H19N3OS. The second-order valence-corrected chi connectivity index (χ2v) is 6.20. The highest BCUT2D eigenvalue weighted by atomic mass is 32.2. The van der Waals surface area contributed by atoms with Crippen molar-refractivity contribution >= 4 is 34.6 Å². The summed E-state index contributed by atoms with van der Waals surface area (Å²) in [6, 6.07) is 6.70. The maximum absolute atomic E-state index is 5.89. The van der Waals surface area contributed by atoms with Gasteiger partial charge in [-0.1, -0.05) is 6.07 Å². The van der Waals surface area contributed by atoms with Crippen molar-refractivity contribution in [3.63, 3.8) is 0 Å². The quantitative estimate of drug-likeness (QED) is 0.841. The Morgan fingerprint density at radius 2 is 2.11 bits per heavy atom. The van der Waals surface area contributed by atoms with Gasteiger partial charge in [-0.15, -0.1) is 0 Å². The minimum atomic E-state index is 0.470. The summed E-state index contributed by atoms with van der Waals surface area (Å²) in [6.07, 6.45) is 7.09. The normalized spacial score (nSPS) is 23.6. The summed E-state index contributed by atoms with van der Waals surface area (Å²) in [5.41, 5.74) is 8.06. The van der Waals surface area contributed by atoms with E-state index in [-0.39, 0.29) is 0 Å². The second kappa shape index (κ2) is 5.33. The number of anilines is 2. The minimum absolute atomic E-state index is 0.470. The number of nitrogen functional groups attached to an aromatic ring is 1. The van der Waals surface area contributed by atoms with Crippen molar-refractivity contribution in [1.29, 1.82) is 0 Å². The van der Waals surface area contributed by atoms with E-state index in [9.17, 15) is 0 Å². The van der Waals surface area contributed by atoms with E-state index in [1.54, 1.807) is 0 Å².